The number of carbonyl (C=O) groups excluding carboxylic acids is 1. The second-order valence-electron chi connectivity index (χ2n) is 9.48. The summed E-state index contributed by atoms with van der Waals surface area (Å²) in [6, 6.07) is 21.1. The van der Waals surface area contributed by atoms with Crippen molar-refractivity contribution < 1.29 is 9.90 Å². The first-order chi connectivity index (χ1) is 17.7. The van der Waals surface area contributed by atoms with Crippen molar-refractivity contribution in [2.75, 3.05) is 6.61 Å². The van der Waals surface area contributed by atoms with E-state index in [4.69, 9.17) is 0 Å². The van der Waals surface area contributed by atoms with Gasteiger partial charge in [-0.3, -0.25) is 4.79 Å². The van der Waals surface area contributed by atoms with Gasteiger partial charge < -0.3 is 15.0 Å². The number of carbonyl (C=O) groups is 1. The van der Waals surface area contributed by atoms with Gasteiger partial charge in [-0.25, -0.2) is 4.98 Å². The number of fused-ring (bicyclic) bond motifs is 10. The highest BCUT2D eigenvalue weighted by Gasteiger charge is 2.35. The number of amides is 1. The van der Waals surface area contributed by atoms with E-state index < -0.39 is 0 Å². The average Bonchev–Trinajstić information content (AvgIpc) is 3.58. The maximum absolute atomic E-state index is 13.2. The number of hydrogen-bond acceptors (Lipinski definition) is 4. The predicted octanol–water partition coefficient (Wildman–Crippen LogP) is 5.68. The molecule has 0 saturated heterocycles. The summed E-state index contributed by atoms with van der Waals surface area (Å²) in [5.74, 6) is 0.851. The van der Waals surface area contributed by atoms with Crippen LogP contribution in [0.15, 0.2) is 71.9 Å². The van der Waals surface area contributed by atoms with Gasteiger partial charge >= 0.3 is 0 Å². The van der Waals surface area contributed by atoms with Crippen LogP contribution in [0.3, 0.4) is 0 Å². The fraction of sp³-hybridized carbons (Fsp3) is 0.200. The summed E-state index contributed by atoms with van der Waals surface area (Å²) in [5.41, 5.74) is 10.3. The Kier molecular flexibility index (Phi) is 5.11. The van der Waals surface area contributed by atoms with E-state index in [1.165, 1.54) is 38.5 Å². The third-order valence-electron chi connectivity index (χ3n) is 7.44. The molecule has 0 radical (unpaired) electrons. The van der Waals surface area contributed by atoms with Crippen LogP contribution in [0.4, 0.5) is 0 Å². The summed E-state index contributed by atoms with van der Waals surface area (Å²) in [5, 5.41) is 16.2. The molecule has 1 amide bonds. The van der Waals surface area contributed by atoms with Crippen LogP contribution >= 0.6 is 11.8 Å². The third-order valence-corrected chi connectivity index (χ3v) is 8.45. The van der Waals surface area contributed by atoms with E-state index in [-0.39, 0.29) is 12.5 Å². The highest BCUT2D eigenvalue weighted by atomic mass is 32.2. The van der Waals surface area contributed by atoms with E-state index >= 15 is 0 Å². The van der Waals surface area contributed by atoms with Gasteiger partial charge in [0, 0.05) is 59.9 Å². The molecule has 5 nitrogen and oxygen atoms in total. The Balaban J connectivity index is 1.48. The van der Waals surface area contributed by atoms with Crippen molar-refractivity contribution in [2.24, 2.45) is 0 Å². The molecule has 2 aliphatic rings. The monoisotopic (exact) mass is 491 g/mol. The molecular weight excluding hydrogens is 466 g/mol. The number of aryl methyl sites for hydroxylation is 1. The lowest BCUT2D eigenvalue weighted by Gasteiger charge is -2.13. The predicted molar refractivity (Wildman–Crippen MR) is 144 cm³/mol. The molecule has 5 aromatic rings. The van der Waals surface area contributed by atoms with Gasteiger partial charge in [-0.2, -0.15) is 0 Å². The van der Waals surface area contributed by atoms with Crippen molar-refractivity contribution in [1.82, 2.24) is 14.9 Å². The van der Waals surface area contributed by atoms with Gasteiger partial charge in [0.05, 0.1) is 16.1 Å². The van der Waals surface area contributed by atoms with Gasteiger partial charge in [-0.15, -0.1) is 11.8 Å². The Hall–Kier alpha value is -3.61. The Morgan fingerprint density at radius 2 is 1.92 bits per heavy atom. The molecule has 7 rings (SSSR count). The van der Waals surface area contributed by atoms with Gasteiger partial charge in [0.15, 0.2) is 0 Å². The molecule has 0 atom stereocenters. The molecule has 1 aliphatic heterocycles. The molecule has 0 unspecified atom stereocenters. The maximum Gasteiger partial charge on any atom is 0.252 e. The lowest BCUT2D eigenvalue weighted by atomic mass is 9.92. The van der Waals surface area contributed by atoms with Gasteiger partial charge in [-0.05, 0) is 58.5 Å². The zero-order valence-corrected chi connectivity index (χ0v) is 20.6. The molecule has 6 heteroatoms. The standard InChI is InChI=1S/C30H25N3O2S/c34-13-5-12-33-24-10-9-18(17-36-25-8-3-4-11-31-25)14-21(24)27-23-16-32-30(35)28(23)26-20-7-2-1-6-19(20)15-22(26)29(27)33/h1-4,6-11,14,34H,5,12-13,15-17H2,(H,32,35). The third kappa shape index (κ3) is 3.21. The van der Waals surface area contributed by atoms with Crippen LogP contribution in [0.5, 0.6) is 0 Å². The highest BCUT2D eigenvalue weighted by molar-refractivity contribution is 7.98. The van der Waals surface area contributed by atoms with Crippen LogP contribution in [-0.2, 0) is 25.3 Å². The number of aromatic nitrogens is 2. The van der Waals surface area contributed by atoms with Crippen molar-refractivity contribution in [3.63, 3.8) is 0 Å². The number of hydrogen-bond donors (Lipinski definition) is 2. The number of aliphatic hydroxyl groups is 1. The molecule has 2 aromatic heterocycles. The minimum Gasteiger partial charge on any atom is -0.396 e. The Morgan fingerprint density at radius 3 is 2.78 bits per heavy atom. The SMILES string of the molecule is O=C1NCc2c1c1c(c3c2c2cc(CSc4ccccn4)ccc2n3CCCO)Cc2ccccc2-1. The first-order valence-electron chi connectivity index (χ1n) is 12.4. The topological polar surface area (TPSA) is 67.2 Å². The molecule has 3 aromatic carbocycles. The van der Waals surface area contributed by atoms with Crippen LogP contribution in [0.2, 0.25) is 0 Å². The summed E-state index contributed by atoms with van der Waals surface area (Å²) in [6.07, 6.45) is 3.33. The van der Waals surface area contributed by atoms with Crippen molar-refractivity contribution in [2.45, 2.75) is 36.7 Å². The molecule has 0 bridgehead atoms. The van der Waals surface area contributed by atoms with Crippen molar-refractivity contribution in [3.8, 4) is 11.1 Å². The number of thioether (sulfide) groups is 1. The van der Waals surface area contributed by atoms with E-state index in [9.17, 15) is 9.90 Å². The fourth-order valence-corrected chi connectivity index (χ4v) is 6.77. The van der Waals surface area contributed by atoms with Crippen LogP contribution in [-0.4, -0.2) is 27.2 Å². The van der Waals surface area contributed by atoms with Crippen molar-refractivity contribution >= 4 is 39.5 Å². The molecule has 0 saturated carbocycles. The first-order valence-corrected chi connectivity index (χ1v) is 13.4. The molecule has 2 N–H and O–H groups in total. The molecule has 0 fully saturated rings. The van der Waals surface area contributed by atoms with Crippen LogP contribution < -0.4 is 5.32 Å². The lowest BCUT2D eigenvalue weighted by molar-refractivity contribution is 0.0966. The normalized spacial score (nSPS) is 13.8. The van der Waals surface area contributed by atoms with E-state index in [2.05, 4.69) is 57.3 Å². The average molecular weight is 492 g/mol. The molecule has 0 spiro atoms. The zero-order chi connectivity index (χ0) is 24.2. The van der Waals surface area contributed by atoms with E-state index in [1.807, 2.05) is 24.4 Å². The number of pyridine rings is 1. The maximum atomic E-state index is 13.2. The van der Waals surface area contributed by atoms with Crippen LogP contribution in [0, 0.1) is 0 Å². The summed E-state index contributed by atoms with van der Waals surface area (Å²) in [6.45, 7) is 1.43. The summed E-state index contributed by atoms with van der Waals surface area (Å²) in [7, 11) is 0. The smallest absolute Gasteiger partial charge is 0.252 e. The molecular formula is C30H25N3O2S. The van der Waals surface area contributed by atoms with Gasteiger partial charge in [0.2, 0.25) is 0 Å². The van der Waals surface area contributed by atoms with E-state index in [0.29, 0.717) is 13.0 Å². The Bertz CT molecular complexity index is 1670. The molecule has 36 heavy (non-hydrogen) atoms. The number of nitrogens with one attached hydrogen (secondary N) is 1. The number of benzene rings is 3. The van der Waals surface area contributed by atoms with Gasteiger partial charge in [0.1, 0.15) is 0 Å². The molecule has 3 heterocycles. The number of aliphatic hydroxyl groups excluding tert-OH is 1. The second-order valence-corrected chi connectivity index (χ2v) is 10.5. The van der Waals surface area contributed by atoms with E-state index in [0.717, 1.165) is 46.0 Å². The quantitative estimate of drug-likeness (QED) is 0.294. The van der Waals surface area contributed by atoms with Gasteiger partial charge in [-0.1, -0.05) is 36.4 Å². The number of rotatable bonds is 6. The zero-order valence-electron chi connectivity index (χ0n) is 19.8. The largest absolute Gasteiger partial charge is 0.396 e. The number of nitrogens with zero attached hydrogens (tertiary/aromatic N) is 2. The summed E-state index contributed by atoms with van der Waals surface area (Å²) in [4.78, 5) is 17.6. The van der Waals surface area contributed by atoms with Crippen molar-refractivity contribution in [1.29, 1.82) is 0 Å². The van der Waals surface area contributed by atoms with Crippen molar-refractivity contribution in [3.05, 3.63) is 94.7 Å². The summed E-state index contributed by atoms with van der Waals surface area (Å²) < 4.78 is 2.38. The Morgan fingerprint density at radius 1 is 1.03 bits per heavy atom. The van der Waals surface area contributed by atoms with Crippen LogP contribution in [0.25, 0.3) is 32.9 Å². The minimum atomic E-state index is 0.0259. The van der Waals surface area contributed by atoms with Crippen LogP contribution in [0.1, 0.15) is 39.0 Å². The highest BCUT2D eigenvalue weighted by Crippen LogP contribution is 2.48. The summed E-state index contributed by atoms with van der Waals surface area (Å²) >= 11 is 1.73. The minimum absolute atomic E-state index is 0.0259. The molecule has 1 aliphatic carbocycles. The lowest BCUT2D eigenvalue weighted by Crippen LogP contribution is -2.13. The first kappa shape index (κ1) is 21.7. The van der Waals surface area contributed by atoms with Gasteiger partial charge in [0.25, 0.3) is 5.91 Å². The Labute approximate surface area is 213 Å². The fourth-order valence-electron chi connectivity index (χ4n) is 5.97. The second kappa shape index (κ2) is 8.50. The van der Waals surface area contributed by atoms with E-state index in [1.54, 1.807) is 11.8 Å². The molecule has 178 valence electrons.